The first-order chi connectivity index (χ1) is 9.10. The molecule has 1 unspecified atom stereocenters. The van der Waals surface area contributed by atoms with Crippen LogP contribution in [0, 0.1) is 0 Å². The molecule has 1 atom stereocenters. The fourth-order valence-corrected chi connectivity index (χ4v) is 2.90. The van der Waals surface area contributed by atoms with Crippen molar-refractivity contribution < 1.29 is 9.84 Å². The lowest BCUT2D eigenvalue weighted by Crippen LogP contribution is -2.02. The second-order valence-electron chi connectivity index (χ2n) is 4.24. The molecule has 100 valence electrons. The lowest BCUT2D eigenvalue weighted by molar-refractivity contribution is 0.178. The molecule has 0 heterocycles. The average Bonchev–Trinajstić information content (AvgIpc) is 2.39. The van der Waals surface area contributed by atoms with Crippen molar-refractivity contribution in [2.45, 2.75) is 12.5 Å². The Bertz CT molecular complexity index is 570. The summed E-state index contributed by atoms with van der Waals surface area (Å²) in [7, 11) is 1.64. The van der Waals surface area contributed by atoms with Gasteiger partial charge in [0.1, 0.15) is 5.75 Å². The zero-order valence-electron chi connectivity index (χ0n) is 10.4. The highest BCUT2D eigenvalue weighted by Gasteiger charge is 2.10. The first-order valence-electron chi connectivity index (χ1n) is 5.86. The summed E-state index contributed by atoms with van der Waals surface area (Å²) in [5.74, 6) is 0.792. The number of ether oxygens (including phenoxy) is 1. The van der Waals surface area contributed by atoms with Crippen molar-refractivity contribution in [1.82, 2.24) is 0 Å². The van der Waals surface area contributed by atoms with E-state index in [2.05, 4.69) is 31.9 Å². The fourth-order valence-electron chi connectivity index (χ4n) is 1.89. The van der Waals surface area contributed by atoms with Gasteiger partial charge in [-0.15, -0.1) is 0 Å². The minimum absolute atomic E-state index is 0.516. The zero-order valence-corrected chi connectivity index (χ0v) is 13.6. The van der Waals surface area contributed by atoms with Gasteiger partial charge >= 0.3 is 0 Å². The third-order valence-corrected chi connectivity index (χ3v) is 3.99. The molecule has 0 bridgehead atoms. The highest BCUT2D eigenvalue weighted by molar-refractivity contribution is 9.10. The van der Waals surface area contributed by atoms with Crippen LogP contribution in [0.2, 0.25) is 0 Å². The summed E-state index contributed by atoms with van der Waals surface area (Å²) >= 11 is 6.86. The number of halogens is 2. The highest BCUT2D eigenvalue weighted by atomic mass is 79.9. The summed E-state index contributed by atoms with van der Waals surface area (Å²) in [6.45, 7) is 0. The van der Waals surface area contributed by atoms with Crippen molar-refractivity contribution in [3.63, 3.8) is 0 Å². The maximum Gasteiger partial charge on any atom is 0.133 e. The monoisotopic (exact) mass is 384 g/mol. The fraction of sp³-hybridized carbons (Fsp3) is 0.200. The molecule has 0 aliphatic rings. The van der Waals surface area contributed by atoms with Crippen LogP contribution in [0.3, 0.4) is 0 Å². The van der Waals surface area contributed by atoms with E-state index >= 15 is 0 Å². The van der Waals surface area contributed by atoms with E-state index in [-0.39, 0.29) is 0 Å². The van der Waals surface area contributed by atoms with Gasteiger partial charge in [-0.25, -0.2) is 0 Å². The largest absolute Gasteiger partial charge is 0.496 e. The molecular formula is C15H14Br2O2. The molecule has 0 aromatic heterocycles. The highest BCUT2D eigenvalue weighted by Crippen LogP contribution is 2.28. The van der Waals surface area contributed by atoms with E-state index in [0.717, 1.165) is 25.8 Å². The third kappa shape index (κ3) is 3.81. The van der Waals surface area contributed by atoms with E-state index in [0.29, 0.717) is 6.42 Å². The number of hydrogen-bond donors (Lipinski definition) is 1. The molecule has 0 saturated carbocycles. The molecule has 0 aliphatic heterocycles. The molecule has 2 rings (SSSR count). The SMILES string of the molecule is COc1ccc(CC(O)c2cccc(Br)c2)cc1Br. The molecule has 2 nitrogen and oxygen atoms in total. The van der Waals surface area contributed by atoms with Crippen LogP contribution >= 0.6 is 31.9 Å². The predicted molar refractivity (Wildman–Crippen MR) is 83.5 cm³/mol. The van der Waals surface area contributed by atoms with Gasteiger partial charge < -0.3 is 9.84 Å². The maximum absolute atomic E-state index is 10.2. The first-order valence-corrected chi connectivity index (χ1v) is 7.44. The van der Waals surface area contributed by atoms with Gasteiger partial charge in [-0.3, -0.25) is 0 Å². The molecule has 0 radical (unpaired) electrons. The normalized spacial score (nSPS) is 12.2. The lowest BCUT2D eigenvalue weighted by atomic mass is 10.0. The van der Waals surface area contributed by atoms with Crippen LogP contribution in [0.5, 0.6) is 5.75 Å². The molecule has 0 saturated heterocycles. The topological polar surface area (TPSA) is 29.5 Å². The summed E-state index contributed by atoms with van der Waals surface area (Å²) < 4.78 is 7.06. The van der Waals surface area contributed by atoms with Crippen molar-refractivity contribution in [2.75, 3.05) is 7.11 Å². The molecule has 2 aromatic carbocycles. The predicted octanol–water partition coefficient (Wildman–Crippen LogP) is 4.50. The van der Waals surface area contributed by atoms with Gasteiger partial charge in [0.25, 0.3) is 0 Å². The molecule has 0 aliphatic carbocycles. The standard InChI is InChI=1S/C15H14Br2O2/c1-19-15-6-5-10(7-13(15)17)8-14(18)11-3-2-4-12(16)9-11/h2-7,9,14,18H,8H2,1H3. The van der Waals surface area contributed by atoms with E-state index in [1.54, 1.807) is 7.11 Å². The molecule has 19 heavy (non-hydrogen) atoms. The van der Waals surface area contributed by atoms with Crippen molar-refractivity contribution in [3.8, 4) is 5.75 Å². The van der Waals surface area contributed by atoms with Crippen LogP contribution < -0.4 is 4.74 Å². The van der Waals surface area contributed by atoms with Crippen LogP contribution in [0.25, 0.3) is 0 Å². The molecule has 0 spiro atoms. The van der Waals surface area contributed by atoms with E-state index in [4.69, 9.17) is 4.74 Å². The Morgan fingerprint density at radius 1 is 1.16 bits per heavy atom. The summed E-state index contributed by atoms with van der Waals surface area (Å²) in [5, 5.41) is 10.2. The second kappa shape index (κ2) is 6.55. The van der Waals surface area contributed by atoms with E-state index in [9.17, 15) is 5.11 Å². The first kappa shape index (κ1) is 14.6. The van der Waals surface area contributed by atoms with Crippen LogP contribution in [0.15, 0.2) is 51.4 Å². The average molecular weight is 386 g/mol. The van der Waals surface area contributed by atoms with Gasteiger partial charge in [-0.05, 0) is 51.3 Å². The Kier molecular flexibility index (Phi) is 5.02. The minimum atomic E-state index is -0.516. The molecular weight excluding hydrogens is 372 g/mol. The molecule has 4 heteroatoms. The Hall–Kier alpha value is -0.840. The van der Waals surface area contributed by atoms with E-state index < -0.39 is 6.10 Å². The van der Waals surface area contributed by atoms with Gasteiger partial charge in [-0.2, -0.15) is 0 Å². The Morgan fingerprint density at radius 3 is 2.58 bits per heavy atom. The molecule has 1 N–H and O–H groups in total. The number of aliphatic hydroxyl groups excluding tert-OH is 1. The lowest BCUT2D eigenvalue weighted by Gasteiger charge is -2.12. The van der Waals surface area contributed by atoms with Gasteiger partial charge in [0.15, 0.2) is 0 Å². The smallest absolute Gasteiger partial charge is 0.133 e. The van der Waals surface area contributed by atoms with Gasteiger partial charge in [0.05, 0.1) is 17.7 Å². The Morgan fingerprint density at radius 2 is 1.95 bits per heavy atom. The maximum atomic E-state index is 10.2. The number of hydrogen-bond acceptors (Lipinski definition) is 2. The van der Waals surface area contributed by atoms with Crippen molar-refractivity contribution >= 4 is 31.9 Å². The van der Waals surface area contributed by atoms with Crippen molar-refractivity contribution in [1.29, 1.82) is 0 Å². The van der Waals surface area contributed by atoms with Gasteiger partial charge in [0.2, 0.25) is 0 Å². The van der Waals surface area contributed by atoms with Crippen LogP contribution in [0.1, 0.15) is 17.2 Å². The van der Waals surface area contributed by atoms with Gasteiger partial charge in [-0.1, -0.05) is 34.1 Å². The zero-order chi connectivity index (χ0) is 13.8. The molecule has 0 fully saturated rings. The number of rotatable bonds is 4. The third-order valence-electron chi connectivity index (χ3n) is 2.88. The Balaban J connectivity index is 2.14. The van der Waals surface area contributed by atoms with Crippen LogP contribution in [-0.2, 0) is 6.42 Å². The summed E-state index contributed by atoms with van der Waals surface area (Å²) in [5.41, 5.74) is 1.96. The molecule has 2 aromatic rings. The van der Waals surface area contributed by atoms with Gasteiger partial charge in [0, 0.05) is 10.9 Å². The minimum Gasteiger partial charge on any atom is -0.496 e. The quantitative estimate of drug-likeness (QED) is 0.839. The summed E-state index contributed by atoms with van der Waals surface area (Å²) in [6, 6.07) is 13.6. The Labute approximate surface area is 129 Å². The number of benzene rings is 2. The van der Waals surface area contributed by atoms with E-state index in [1.807, 2.05) is 42.5 Å². The number of aliphatic hydroxyl groups is 1. The summed E-state index contributed by atoms with van der Waals surface area (Å²) in [6.07, 6.45) is 0.0526. The molecule has 0 amide bonds. The second-order valence-corrected chi connectivity index (χ2v) is 6.01. The summed E-state index contributed by atoms with van der Waals surface area (Å²) in [4.78, 5) is 0. The van der Waals surface area contributed by atoms with Crippen molar-refractivity contribution in [2.24, 2.45) is 0 Å². The van der Waals surface area contributed by atoms with Crippen LogP contribution in [0.4, 0.5) is 0 Å². The van der Waals surface area contributed by atoms with Crippen LogP contribution in [-0.4, -0.2) is 12.2 Å². The number of methoxy groups -OCH3 is 1. The van der Waals surface area contributed by atoms with E-state index in [1.165, 1.54) is 0 Å². The van der Waals surface area contributed by atoms with Crippen molar-refractivity contribution in [3.05, 3.63) is 62.5 Å².